The lowest BCUT2D eigenvalue weighted by molar-refractivity contribution is -0.123. The lowest BCUT2D eigenvalue weighted by atomic mass is 10.1. The zero-order chi connectivity index (χ0) is 21.4. The van der Waals surface area contributed by atoms with Crippen molar-refractivity contribution in [3.05, 3.63) is 59.7 Å². The minimum absolute atomic E-state index is 0.0435. The molecule has 0 fully saturated rings. The van der Waals surface area contributed by atoms with E-state index in [2.05, 4.69) is 10.0 Å². The summed E-state index contributed by atoms with van der Waals surface area (Å²) in [6.07, 6.45) is 1.02. The van der Waals surface area contributed by atoms with Gasteiger partial charge in [0.2, 0.25) is 15.9 Å². The van der Waals surface area contributed by atoms with Gasteiger partial charge in [0.1, 0.15) is 11.8 Å². The van der Waals surface area contributed by atoms with Crippen LogP contribution in [0, 0.1) is 6.92 Å². The summed E-state index contributed by atoms with van der Waals surface area (Å²) < 4.78 is 34.0. The van der Waals surface area contributed by atoms with Crippen LogP contribution in [0.1, 0.15) is 38.3 Å². The summed E-state index contributed by atoms with van der Waals surface area (Å²) in [5.41, 5.74) is 1.60. The smallest absolute Gasteiger partial charge is 0.241 e. The lowest BCUT2D eigenvalue weighted by Gasteiger charge is -2.21. The van der Waals surface area contributed by atoms with Crippen molar-refractivity contribution in [1.82, 2.24) is 10.0 Å². The van der Waals surface area contributed by atoms with Gasteiger partial charge in [-0.25, -0.2) is 8.42 Å². The number of carbonyl (C=O) groups is 1. The molecule has 0 aliphatic carbocycles. The summed E-state index contributed by atoms with van der Waals surface area (Å²) >= 11 is 0. The third-order valence-corrected chi connectivity index (χ3v) is 6.12. The first-order valence-electron chi connectivity index (χ1n) is 9.86. The van der Waals surface area contributed by atoms with E-state index in [1.165, 1.54) is 6.07 Å². The lowest BCUT2D eigenvalue weighted by Crippen LogP contribution is -2.50. The van der Waals surface area contributed by atoms with Crippen molar-refractivity contribution < 1.29 is 17.9 Å². The predicted molar refractivity (Wildman–Crippen MR) is 114 cm³/mol. The Labute approximate surface area is 173 Å². The van der Waals surface area contributed by atoms with Gasteiger partial charge in [-0.3, -0.25) is 4.79 Å². The molecule has 2 atom stereocenters. The summed E-state index contributed by atoms with van der Waals surface area (Å²) in [5, 5.41) is 2.88. The van der Waals surface area contributed by atoms with E-state index in [-0.39, 0.29) is 23.3 Å². The van der Waals surface area contributed by atoms with Crippen LogP contribution >= 0.6 is 0 Å². The quantitative estimate of drug-likeness (QED) is 0.621. The van der Waals surface area contributed by atoms with Gasteiger partial charge in [-0.15, -0.1) is 0 Å². The molecule has 1 amide bonds. The van der Waals surface area contributed by atoms with E-state index in [0.29, 0.717) is 12.4 Å². The van der Waals surface area contributed by atoms with Crippen molar-refractivity contribution >= 4 is 15.9 Å². The zero-order valence-corrected chi connectivity index (χ0v) is 18.3. The van der Waals surface area contributed by atoms with Crippen molar-refractivity contribution in [3.63, 3.8) is 0 Å². The van der Waals surface area contributed by atoms with Gasteiger partial charge in [0.05, 0.1) is 11.5 Å². The Morgan fingerprint density at radius 3 is 2.38 bits per heavy atom. The standard InChI is InChI=1S/C22H30N2O4S/c1-5-17(4)23-22(25)20(15-18-10-8-7-9-11-18)24-29(26,27)19-12-13-21(28-6-2)16(3)14-19/h7-14,17,20,24H,5-6,15H2,1-4H3,(H,23,25)/t17-,20-/m0/s1. The minimum Gasteiger partial charge on any atom is -0.494 e. The highest BCUT2D eigenvalue weighted by atomic mass is 32.2. The van der Waals surface area contributed by atoms with Crippen LogP contribution in [-0.2, 0) is 21.2 Å². The highest BCUT2D eigenvalue weighted by Crippen LogP contribution is 2.22. The molecule has 0 aliphatic rings. The third-order valence-electron chi connectivity index (χ3n) is 4.65. The molecule has 0 saturated heterocycles. The molecule has 0 spiro atoms. The topological polar surface area (TPSA) is 84.5 Å². The summed E-state index contributed by atoms with van der Waals surface area (Å²) in [4.78, 5) is 12.9. The van der Waals surface area contributed by atoms with Gasteiger partial charge in [0.15, 0.2) is 0 Å². The third kappa shape index (κ3) is 6.58. The van der Waals surface area contributed by atoms with Crippen LogP contribution in [0.15, 0.2) is 53.4 Å². The number of nitrogens with one attached hydrogen (secondary N) is 2. The van der Waals surface area contributed by atoms with Crippen LogP contribution < -0.4 is 14.8 Å². The van der Waals surface area contributed by atoms with Crippen LogP contribution in [-0.4, -0.2) is 33.0 Å². The van der Waals surface area contributed by atoms with E-state index in [1.807, 2.05) is 51.1 Å². The number of ether oxygens (including phenoxy) is 1. The summed E-state index contributed by atoms with van der Waals surface area (Å²) in [7, 11) is -3.89. The van der Waals surface area contributed by atoms with Gasteiger partial charge in [0.25, 0.3) is 0 Å². The second kappa shape index (κ2) is 10.4. The Morgan fingerprint density at radius 2 is 1.79 bits per heavy atom. The van der Waals surface area contributed by atoms with Crippen molar-refractivity contribution in [3.8, 4) is 5.75 Å². The number of hydrogen-bond donors (Lipinski definition) is 2. The molecule has 29 heavy (non-hydrogen) atoms. The van der Waals surface area contributed by atoms with Crippen LogP contribution in [0.5, 0.6) is 5.75 Å². The van der Waals surface area contributed by atoms with Crippen molar-refractivity contribution in [2.45, 2.75) is 57.5 Å². The van der Waals surface area contributed by atoms with Crippen molar-refractivity contribution in [2.24, 2.45) is 0 Å². The van der Waals surface area contributed by atoms with E-state index >= 15 is 0 Å². The molecule has 0 aliphatic heterocycles. The second-order valence-electron chi connectivity index (χ2n) is 7.04. The molecule has 2 aromatic rings. The van der Waals surface area contributed by atoms with Gasteiger partial charge >= 0.3 is 0 Å². The monoisotopic (exact) mass is 418 g/mol. The van der Waals surface area contributed by atoms with E-state index in [0.717, 1.165) is 17.5 Å². The molecule has 0 saturated carbocycles. The number of benzene rings is 2. The molecule has 0 unspecified atom stereocenters. The maximum Gasteiger partial charge on any atom is 0.241 e. The Balaban J connectivity index is 2.28. The molecule has 7 heteroatoms. The van der Waals surface area contributed by atoms with Crippen LogP contribution in [0.25, 0.3) is 0 Å². The van der Waals surface area contributed by atoms with Gasteiger partial charge in [-0.1, -0.05) is 37.3 Å². The van der Waals surface area contributed by atoms with E-state index in [1.54, 1.807) is 19.1 Å². The molecule has 0 radical (unpaired) electrons. The highest BCUT2D eigenvalue weighted by Gasteiger charge is 2.27. The van der Waals surface area contributed by atoms with Gasteiger partial charge < -0.3 is 10.1 Å². The Morgan fingerprint density at radius 1 is 1.10 bits per heavy atom. The number of amides is 1. The average molecular weight is 419 g/mol. The number of hydrogen-bond acceptors (Lipinski definition) is 4. The molecule has 2 rings (SSSR count). The molecule has 2 N–H and O–H groups in total. The van der Waals surface area contributed by atoms with Crippen molar-refractivity contribution in [1.29, 1.82) is 0 Å². The van der Waals surface area contributed by atoms with Gasteiger partial charge in [0, 0.05) is 6.04 Å². The first-order valence-corrected chi connectivity index (χ1v) is 11.3. The molecule has 6 nitrogen and oxygen atoms in total. The van der Waals surface area contributed by atoms with E-state index in [4.69, 9.17) is 4.74 Å². The molecule has 2 aromatic carbocycles. The van der Waals surface area contributed by atoms with Crippen molar-refractivity contribution in [2.75, 3.05) is 6.61 Å². The zero-order valence-electron chi connectivity index (χ0n) is 17.4. The van der Waals surface area contributed by atoms with Crippen LogP contribution in [0.2, 0.25) is 0 Å². The van der Waals surface area contributed by atoms with Crippen LogP contribution in [0.4, 0.5) is 0 Å². The number of aryl methyl sites for hydroxylation is 1. The summed E-state index contributed by atoms with van der Waals surface area (Å²) in [5.74, 6) is 0.302. The van der Waals surface area contributed by atoms with Crippen LogP contribution in [0.3, 0.4) is 0 Å². The van der Waals surface area contributed by atoms with E-state index < -0.39 is 16.1 Å². The first-order chi connectivity index (χ1) is 13.8. The Hall–Kier alpha value is -2.38. The summed E-state index contributed by atoms with van der Waals surface area (Å²) in [6.45, 7) is 8.02. The molecular formula is C22H30N2O4S. The molecule has 0 aromatic heterocycles. The van der Waals surface area contributed by atoms with Gasteiger partial charge in [-0.05, 0) is 62.9 Å². The fourth-order valence-electron chi connectivity index (χ4n) is 2.85. The molecule has 0 heterocycles. The first kappa shape index (κ1) is 22.9. The highest BCUT2D eigenvalue weighted by molar-refractivity contribution is 7.89. The largest absolute Gasteiger partial charge is 0.494 e. The number of rotatable bonds is 10. The molecular weight excluding hydrogens is 388 g/mol. The fraction of sp³-hybridized carbons (Fsp3) is 0.409. The maximum atomic E-state index is 13.0. The molecule has 158 valence electrons. The normalized spacial score (nSPS) is 13.5. The fourth-order valence-corrected chi connectivity index (χ4v) is 4.13. The Bertz CT molecular complexity index is 914. The van der Waals surface area contributed by atoms with Gasteiger partial charge in [-0.2, -0.15) is 4.72 Å². The SMILES string of the molecule is CCOc1ccc(S(=O)(=O)N[C@@H](Cc2ccccc2)C(=O)N[C@@H](C)CC)cc1C. The number of sulfonamides is 1. The maximum absolute atomic E-state index is 13.0. The predicted octanol–water partition coefficient (Wildman–Crippen LogP) is 3.20. The molecule has 0 bridgehead atoms. The average Bonchev–Trinajstić information content (AvgIpc) is 2.69. The Kier molecular flexibility index (Phi) is 8.22. The second-order valence-corrected chi connectivity index (χ2v) is 8.76. The summed E-state index contributed by atoms with van der Waals surface area (Å²) in [6, 6.07) is 13.1. The minimum atomic E-state index is -3.89. The number of carbonyl (C=O) groups excluding carboxylic acids is 1. The van der Waals surface area contributed by atoms with E-state index in [9.17, 15) is 13.2 Å².